The summed E-state index contributed by atoms with van der Waals surface area (Å²) in [4.78, 5) is 4.11. The number of nitrogens with zero attached hydrogens (tertiary/aromatic N) is 1. The fourth-order valence-corrected chi connectivity index (χ4v) is 2.06. The lowest BCUT2D eigenvalue weighted by Gasteiger charge is -2.37. The second-order valence-electron chi connectivity index (χ2n) is 5.02. The average Bonchev–Trinajstić information content (AvgIpc) is 2.31. The zero-order valence-corrected chi connectivity index (χ0v) is 13.7. The largest absolute Gasteiger partial charge is 0.378 e. The second kappa shape index (κ2) is 8.13. The monoisotopic (exact) mass is 355 g/mol. The standard InChI is InChI=1S/C12H25N3O.HI/c1-12(2,9-15-11(13-3)14-4)10-7-5-6-8-16-10;/h10H,5-9H2,1-4H3,(H2,13,14,15);1H. The van der Waals surface area contributed by atoms with E-state index in [-0.39, 0.29) is 29.4 Å². The number of hydrogen-bond acceptors (Lipinski definition) is 2. The Morgan fingerprint density at radius 2 is 2.12 bits per heavy atom. The molecule has 5 heteroatoms. The van der Waals surface area contributed by atoms with Crippen LogP contribution in [0.3, 0.4) is 0 Å². The first-order chi connectivity index (χ1) is 7.60. The van der Waals surface area contributed by atoms with Gasteiger partial charge in [-0.3, -0.25) is 4.99 Å². The Hall–Kier alpha value is -0.0400. The summed E-state index contributed by atoms with van der Waals surface area (Å²) in [6.07, 6.45) is 4.03. The molecule has 0 aromatic carbocycles. The van der Waals surface area contributed by atoms with E-state index in [2.05, 4.69) is 29.5 Å². The molecule has 0 aromatic rings. The minimum absolute atomic E-state index is 0. The summed E-state index contributed by atoms with van der Waals surface area (Å²) in [5.41, 5.74) is 0.146. The van der Waals surface area contributed by atoms with E-state index >= 15 is 0 Å². The minimum Gasteiger partial charge on any atom is -0.378 e. The molecule has 1 heterocycles. The van der Waals surface area contributed by atoms with Crippen LogP contribution in [-0.2, 0) is 4.74 Å². The summed E-state index contributed by atoms with van der Waals surface area (Å²) in [6, 6.07) is 0. The van der Waals surface area contributed by atoms with Crippen LogP contribution in [0, 0.1) is 5.41 Å². The Balaban J connectivity index is 0.00000256. The predicted molar refractivity (Wildman–Crippen MR) is 83.2 cm³/mol. The SMILES string of the molecule is CN=C(NC)NCC(C)(C)C1CCCCO1.I. The van der Waals surface area contributed by atoms with Crippen LogP contribution in [0.1, 0.15) is 33.1 Å². The molecule has 1 saturated heterocycles. The lowest BCUT2D eigenvalue weighted by Crippen LogP contribution is -2.46. The Morgan fingerprint density at radius 1 is 1.41 bits per heavy atom. The third-order valence-electron chi connectivity index (χ3n) is 3.22. The van der Waals surface area contributed by atoms with Crippen molar-refractivity contribution >= 4 is 29.9 Å². The maximum atomic E-state index is 5.84. The lowest BCUT2D eigenvalue weighted by atomic mass is 9.82. The van der Waals surface area contributed by atoms with Gasteiger partial charge in [0.05, 0.1) is 6.10 Å². The highest BCUT2D eigenvalue weighted by molar-refractivity contribution is 14.0. The van der Waals surface area contributed by atoms with E-state index < -0.39 is 0 Å². The Labute approximate surface area is 122 Å². The lowest BCUT2D eigenvalue weighted by molar-refractivity contribution is -0.0524. The molecule has 0 aliphatic carbocycles. The molecule has 1 aliphatic rings. The van der Waals surface area contributed by atoms with Gasteiger partial charge in [-0.05, 0) is 19.3 Å². The van der Waals surface area contributed by atoms with Gasteiger partial charge in [0, 0.05) is 32.7 Å². The maximum absolute atomic E-state index is 5.84. The fourth-order valence-electron chi connectivity index (χ4n) is 2.06. The molecule has 0 amide bonds. The maximum Gasteiger partial charge on any atom is 0.190 e. The first-order valence-electron chi connectivity index (χ1n) is 6.10. The molecule has 102 valence electrons. The first kappa shape index (κ1) is 17.0. The highest BCUT2D eigenvalue weighted by Crippen LogP contribution is 2.29. The van der Waals surface area contributed by atoms with Gasteiger partial charge in [0.2, 0.25) is 0 Å². The first-order valence-corrected chi connectivity index (χ1v) is 6.10. The molecule has 4 nitrogen and oxygen atoms in total. The predicted octanol–water partition coefficient (Wildman–Crippen LogP) is 1.99. The number of hydrogen-bond donors (Lipinski definition) is 2. The molecule has 1 atom stereocenters. The third kappa shape index (κ3) is 5.42. The zero-order chi connectivity index (χ0) is 12.0. The minimum atomic E-state index is 0. The normalized spacial score (nSPS) is 21.6. The molecule has 1 unspecified atom stereocenters. The number of rotatable bonds is 3. The van der Waals surface area contributed by atoms with Crippen molar-refractivity contribution in [2.75, 3.05) is 27.2 Å². The summed E-state index contributed by atoms with van der Waals surface area (Å²) < 4.78 is 5.84. The number of halogens is 1. The molecule has 1 aliphatic heterocycles. The van der Waals surface area contributed by atoms with Gasteiger partial charge in [-0.1, -0.05) is 13.8 Å². The van der Waals surface area contributed by atoms with Crippen molar-refractivity contribution in [3.63, 3.8) is 0 Å². The van der Waals surface area contributed by atoms with Crippen LogP contribution < -0.4 is 10.6 Å². The van der Waals surface area contributed by atoms with Gasteiger partial charge in [-0.15, -0.1) is 24.0 Å². The molecule has 0 saturated carbocycles. The van der Waals surface area contributed by atoms with E-state index in [1.54, 1.807) is 7.05 Å². The molecule has 0 bridgehead atoms. The van der Waals surface area contributed by atoms with Gasteiger partial charge >= 0.3 is 0 Å². The smallest absolute Gasteiger partial charge is 0.190 e. The van der Waals surface area contributed by atoms with Gasteiger partial charge < -0.3 is 15.4 Å². The molecule has 0 radical (unpaired) electrons. The highest BCUT2D eigenvalue weighted by atomic mass is 127. The van der Waals surface area contributed by atoms with Gasteiger partial charge in [0.1, 0.15) is 0 Å². The molecular formula is C12H26IN3O. The topological polar surface area (TPSA) is 45.7 Å². The van der Waals surface area contributed by atoms with Crippen LogP contribution in [0.15, 0.2) is 4.99 Å². The summed E-state index contributed by atoms with van der Waals surface area (Å²) in [7, 11) is 3.66. The van der Waals surface area contributed by atoms with Gasteiger partial charge in [0.25, 0.3) is 0 Å². The Bertz CT molecular complexity index is 238. The van der Waals surface area contributed by atoms with Crippen molar-refractivity contribution in [3.05, 3.63) is 0 Å². The van der Waals surface area contributed by atoms with Crippen LogP contribution in [0.2, 0.25) is 0 Å². The van der Waals surface area contributed by atoms with Crippen molar-refractivity contribution in [1.82, 2.24) is 10.6 Å². The van der Waals surface area contributed by atoms with Crippen LogP contribution in [0.25, 0.3) is 0 Å². The molecule has 0 spiro atoms. The summed E-state index contributed by atoms with van der Waals surface area (Å²) in [5.74, 6) is 0.837. The van der Waals surface area contributed by atoms with E-state index in [0.717, 1.165) is 19.1 Å². The van der Waals surface area contributed by atoms with E-state index in [1.807, 2.05) is 7.05 Å². The van der Waals surface area contributed by atoms with E-state index in [1.165, 1.54) is 19.3 Å². The third-order valence-corrected chi connectivity index (χ3v) is 3.22. The Kier molecular flexibility index (Phi) is 8.11. The van der Waals surface area contributed by atoms with E-state index in [9.17, 15) is 0 Å². The van der Waals surface area contributed by atoms with Gasteiger partial charge in [-0.2, -0.15) is 0 Å². The zero-order valence-electron chi connectivity index (χ0n) is 11.4. The number of ether oxygens (including phenoxy) is 1. The van der Waals surface area contributed by atoms with E-state index in [0.29, 0.717) is 6.10 Å². The fraction of sp³-hybridized carbons (Fsp3) is 0.917. The van der Waals surface area contributed by atoms with Crippen LogP contribution in [0.5, 0.6) is 0 Å². The molecule has 17 heavy (non-hydrogen) atoms. The molecule has 2 N–H and O–H groups in total. The second-order valence-corrected chi connectivity index (χ2v) is 5.02. The number of guanidine groups is 1. The van der Waals surface area contributed by atoms with Crippen LogP contribution in [-0.4, -0.2) is 39.3 Å². The van der Waals surface area contributed by atoms with Gasteiger partial charge in [0.15, 0.2) is 5.96 Å². The molecular weight excluding hydrogens is 329 g/mol. The van der Waals surface area contributed by atoms with E-state index in [4.69, 9.17) is 4.74 Å². The van der Waals surface area contributed by atoms with Crippen molar-refractivity contribution in [2.24, 2.45) is 10.4 Å². The molecule has 1 fully saturated rings. The van der Waals surface area contributed by atoms with Crippen molar-refractivity contribution < 1.29 is 4.74 Å². The average molecular weight is 355 g/mol. The van der Waals surface area contributed by atoms with Crippen molar-refractivity contribution in [3.8, 4) is 0 Å². The summed E-state index contributed by atoms with van der Waals surface area (Å²) in [6.45, 7) is 6.29. The number of nitrogens with one attached hydrogen (secondary N) is 2. The Morgan fingerprint density at radius 3 is 2.59 bits per heavy atom. The quantitative estimate of drug-likeness (QED) is 0.462. The summed E-state index contributed by atoms with van der Waals surface area (Å²) in [5, 5.41) is 6.34. The molecule has 1 rings (SSSR count). The van der Waals surface area contributed by atoms with Crippen LogP contribution in [0.4, 0.5) is 0 Å². The van der Waals surface area contributed by atoms with Crippen LogP contribution >= 0.6 is 24.0 Å². The van der Waals surface area contributed by atoms with Crippen molar-refractivity contribution in [2.45, 2.75) is 39.2 Å². The summed E-state index contributed by atoms with van der Waals surface area (Å²) >= 11 is 0. The molecule has 0 aromatic heterocycles. The van der Waals surface area contributed by atoms with Gasteiger partial charge in [-0.25, -0.2) is 0 Å². The highest BCUT2D eigenvalue weighted by Gasteiger charge is 2.31. The van der Waals surface area contributed by atoms with Crippen molar-refractivity contribution in [1.29, 1.82) is 0 Å². The number of aliphatic imine (C=N–C) groups is 1.